The number of nitriles is 1. The molecule has 0 bridgehead atoms. The highest BCUT2D eigenvalue weighted by molar-refractivity contribution is 7.89. The van der Waals surface area contributed by atoms with Crippen LogP contribution in [0, 0.1) is 17.2 Å². The minimum absolute atomic E-state index is 0.0473. The summed E-state index contributed by atoms with van der Waals surface area (Å²) in [6.07, 6.45) is 0.737. The van der Waals surface area contributed by atoms with Crippen LogP contribution in [0.5, 0.6) is 0 Å². The molecule has 1 saturated heterocycles. The van der Waals surface area contributed by atoms with Crippen molar-refractivity contribution in [2.75, 3.05) is 25.0 Å². The van der Waals surface area contributed by atoms with E-state index in [1.165, 1.54) is 4.68 Å². The summed E-state index contributed by atoms with van der Waals surface area (Å²) in [5, 5.41) is 24.2. The fourth-order valence-corrected chi connectivity index (χ4v) is 5.83. The lowest BCUT2D eigenvalue weighted by atomic mass is 10.1. The third-order valence-corrected chi connectivity index (χ3v) is 8.20. The van der Waals surface area contributed by atoms with E-state index in [1.807, 2.05) is 4.90 Å². The number of carbonyl (C=O) groups is 1. The smallest absolute Gasteiger partial charge is 0.291 e. The molecular formula is C20H20F2N8O2S2. The van der Waals surface area contributed by atoms with Crippen molar-refractivity contribution in [1.29, 1.82) is 5.26 Å². The van der Waals surface area contributed by atoms with Crippen LogP contribution in [-0.2, 0) is 16.2 Å². The molecule has 3 aromatic rings. The molecule has 2 N–H and O–H groups in total. The van der Waals surface area contributed by atoms with Crippen molar-refractivity contribution >= 4 is 45.2 Å². The molecule has 34 heavy (non-hydrogen) atoms. The first-order valence-corrected chi connectivity index (χ1v) is 12.5. The van der Waals surface area contributed by atoms with Crippen molar-refractivity contribution in [3.8, 4) is 11.2 Å². The molecule has 1 aromatic carbocycles. The highest BCUT2D eigenvalue weighted by atomic mass is 32.2. The van der Waals surface area contributed by atoms with Crippen molar-refractivity contribution in [3.63, 3.8) is 0 Å². The average molecular weight is 507 g/mol. The minimum Gasteiger partial charge on any atom is -0.593 e. The van der Waals surface area contributed by atoms with E-state index < -0.39 is 28.3 Å². The lowest BCUT2D eigenvalue weighted by molar-refractivity contribution is -0.123. The average Bonchev–Trinajstić information content (AvgIpc) is 3.25. The van der Waals surface area contributed by atoms with Gasteiger partial charge < -0.3 is 14.8 Å². The van der Waals surface area contributed by atoms with Crippen LogP contribution in [0.4, 0.5) is 14.5 Å². The first kappa shape index (κ1) is 22.9. The standard InChI is InChI=1S/C20H20F2N8O2S2/c1-24-17(31)11-2-5-29(9-11)14-6-12(34(32)28-20(10-23)3-4-20)7-15-13(14)8-25-30(15)19-27-26-18(33-19)16(21)22/h6-8,11,16,28H,2-5,9H2,1H3,(H,24,31). The van der Waals surface area contributed by atoms with E-state index in [0.29, 0.717) is 48.2 Å². The molecule has 2 fully saturated rings. The second-order valence-electron chi connectivity index (χ2n) is 8.27. The summed E-state index contributed by atoms with van der Waals surface area (Å²) in [7, 11) is 1.60. The summed E-state index contributed by atoms with van der Waals surface area (Å²) < 4.78 is 43.6. The van der Waals surface area contributed by atoms with E-state index in [-0.39, 0.29) is 17.0 Å². The van der Waals surface area contributed by atoms with Gasteiger partial charge in [-0.05, 0) is 19.3 Å². The van der Waals surface area contributed by atoms with Crippen molar-refractivity contribution in [3.05, 3.63) is 23.3 Å². The molecule has 1 saturated carbocycles. The lowest BCUT2D eigenvalue weighted by Gasteiger charge is -2.21. The predicted octanol–water partition coefficient (Wildman–Crippen LogP) is 2.06. The zero-order chi connectivity index (χ0) is 24.0. The number of hydrogen-bond acceptors (Lipinski definition) is 9. The topological polar surface area (TPSA) is 135 Å². The van der Waals surface area contributed by atoms with Crippen molar-refractivity contribution in [1.82, 2.24) is 30.0 Å². The van der Waals surface area contributed by atoms with E-state index in [2.05, 4.69) is 31.4 Å². The largest absolute Gasteiger partial charge is 0.593 e. The van der Waals surface area contributed by atoms with E-state index >= 15 is 0 Å². The van der Waals surface area contributed by atoms with Gasteiger partial charge in [-0.1, -0.05) is 11.3 Å². The van der Waals surface area contributed by atoms with Gasteiger partial charge in [-0.15, -0.1) is 14.9 Å². The van der Waals surface area contributed by atoms with Crippen LogP contribution in [0.15, 0.2) is 23.2 Å². The number of aromatic nitrogens is 4. The Balaban J connectivity index is 1.57. The van der Waals surface area contributed by atoms with Gasteiger partial charge in [0.15, 0.2) is 9.90 Å². The molecule has 2 atom stereocenters. The number of carbonyl (C=O) groups excluding carboxylic acids is 1. The third-order valence-electron chi connectivity index (χ3n) is 6.05. The molecule has 2 unspecified atom stereocenters. The summed E-state index contributed by atoms with van der Waals surface area (Å²) in [6, 6.07) is 5.58. The number of hydrogen-bond donors (Lipinski definition) is 2. The molecule has 14 heteroatoms. The van der Waals surface area contributed by atoms with Gasteiger partial charge >= 0.3 is 0 Å². The molecule has 0 radical (unpaired) electrons. The van der Waals surface area contributed by atoms with Gasteiger partial charge in [-0.3, -0.25) is 4.79 Å². The van der Waals surface area contributed by atoms with Crippen LogP contribution in [0.1, 0.15) is 30.7 Å². The van der Waals surface area contributed by atoms with Gasteiger partial charge in [0.25, 0.3) is 6.43 Å². The van der Waals surface area contributed by atoms with Crippen molar-refractivity contribution in [2.45, 2.75) is 36.1 Å². The van der Waals surface area contributed by atoms with Gasteiger partial charge in [0.2, 0.25) is 11.0 Å². The van der Waals surface area contributed by atoms with Gasteiger partial charge in [-0.25, -0.2) is 13.5 Å². The van der Waals surface area contributed by atoms with Crippen molar-refractivity contribution < 1.29 is 18.1 Å². The van der Waals surface area contributed by atoms with Gasteiger partial charge in [0, 0.05) is 37.7 Å². The molecule has 178 valence electrons. The highest BCUT2D eigenvalue weighted by Gasteiger charge is 2.48. The maximum atomic E-state index is 13.2. The summed E-state index contributed by atoms with van der Waals surface area (Å²) in [6.45, 7) is 1.08. The number of rotatable bonds is 7. The molecule has 1 aliphatic carbocycles. The molecular weight excluding hydrogens is 486 g/mol. The number of halogens is 2. The van der Waals surface area contributed by atoms with Crippen LogP contribution in [-0.4, -0.2) is 56.1 Å². The molecule has 5 rings (SSSR count). The van der Waals surface area contributed by atoms with E-state index in [0.717, 1.165) is 17.0 Å². The number of alkyl halides is 2. The molecule has 3 heterocycles. The van der Waals surface area contributed by atoms with Crippen LogP contribution < -0.4 is 14.9 Å². The van der Waals surface area contributed by atoms with Gasteiger partial charge in [-0.2, -0.15) is 10.4 Å². The Morgan fingerprint density at radius 3 is 2.85 bits per heavy atom. The molecule has 2 aromatic heterocycles. The Hall–Kier alpha value is -2.86. The number of benzene rings is 1. The summed E-state index contributed by atoms with van der Waals surface area (Å²) in [4.78, 5) is 14.6. The van der Waals surface area contributed by atoms with Crippen molar-refractivity contribution in [2.24, 2.45) is 5.92 Å². The van der Waals surface area contributed by atoms with E-state index in [4.69, 9.17) is 0 Å². The molecule has 1 amide bonds. The van der Waals surface area contributed by atoms with Crippen LogP contribution in [0.2, 0.25) is 0 Å². The van der Waals surface area contributed by atoms with E-state index in [9.17, 15) is 23.4 Å². The van der Waals surface area contributed by atoms with Crippen LogP contribution >= 0.6 is 11.3 Å². The molecule has 2 aliphatic rings. The Bertz CT molecular complexity index is 1290. The number of nitrogens with one attached hydrogen (secondary N) is 2. The number of anilines is 1. The normalized spacial score (nSPS) is 20.0. The Morgan fingerprint density at radius 2 is 2.21 bits per heavy atom. The quantitative estimate of drug-likeness (QED) is 0.465. The SMILES string of the molecule is CNC(=O)C1CCN(c2cc([S+]([O-])NC3(C#N)CC3)cc3c2cnn3-c2nnc(C(F)F)s2)C1. The highest BCUT2D eigenvalue weighted by Crippen LogP contribution is 2.39. The summed E-state index contributed by atoms with van der Waals surface area (Å²) >= 11 is -0.975. The van der Waals surface area contributed by atoms with Crippen LogP contribution in [0.3, 0.4) is 0 Å². The Labute approximate surface area is 200 Å². The maximum Gasteiger partial charge on any atom is 0.291 e. The molecule has 1 aliphatic heterocycles. The lowest BCUT2D eigenvalue weighted by Crippen LogP contribution is -2.35. The molecule has 0 spiro atoms. The van der Waals surface area contributed by atoms with Crippen LogP contribution in [0.25, 0.3) is 16.0 Å². The summed E-state index contributed by atoms with van der Waals surface area (Å²) in [5.41, 5.74) is 0.439. The maximum absolute atomic E-state index is 13.2. The second kappa shape index (κ2) is 8.73. The minimum atomic E-state index is -2.75. The van der Waals surface area contributed by atoms with Gasteiger partial charge in [0.05, 0.1) is 40.7 Å². The van der Waals surface area contributed by atoms with E-state index in [1.54, 1.807) is 25.4 Å². The Morgan fingerprint density at radius 1 is 1.41 bits per heavy atom. The number of fused-ring (bicyclic) bond motifs is 1. The zero-order valence-electron chi connectivity index (χ0n) is 18.0. The first-order chi connectivity index (χ1) is 16.3. The second-order valence-corrected chi connectivity index (χ2v) is 10.5. The van der Waals surface area contributed by atoms with Gasteiger partial charge in [0.1, 0.15) is 5.54 Å². The fraction of sp³-hybridized carbons (Fsp3) is 0.450. The predicted molar refractivity (Wildman–Crippen MR) is 121 cm³/mol. The number of nitrogens with zero attached hydrogens (tertiary/aromatic N) is 6. The first-order valence-electron chi connectivity index (χ1n) is 10.6. The third kappa shape index (κ3) is 4.09. The Kier molecular flexibility index (Phi) is 5.88. The molecule has 10 nitrogen and oxygen atoms in total. The monoisotopic (exact) mass is 506 g/mol. The number of amides is 1. The fourth-order valence-electron chi connectivity index (χ4n) is 4.00. The summed E-state index contributed by atoms with van der Waals surface area (Å²) in [5.74, 6) is -0.235. The zero-order valence-corrected chi connectivity index (χ0v) is 19.6.